The molecule has 0 saturated heterocycles. The van der Waals surface area contributed by atoms with Crippen LogP contribution < -0.4 is 0 Å². The van der Waals surface area contributed by atoms with E-state index in [0.29, 0.717) is 10.6 Å². The van der Waals surface area contributed by atoms with Gasteiger partial charge in [0.15, 0.2) is 0 Å². The van der Waals surface area contributed by atoms with Gasteiger partial charge in [-0.25, -0.2) is 4.39 Å². The maximum atomic E-state index is 13.2. The van der Waals surface area contributed by atoms with Crippen LogP contribution in [-0.4, -0.2) is 5.11 Å². The highest BCUT2D eigenvalue weighted by Gasteiger charge is 2.14. The van der Waals surface area contributed by atoms with E-state index >= 15 is 0 Å². The number of hydrogen-bond acceptors (Lipinski definition) is 1. The lowest BCUT2D eigenvalue weighted by Gasteiger charge is -2.15. The van der Waals surface area contributed by atoms with Gasteiger partial charge in [-0.3, -0.25) is 0 Å². The van der Waals surface area contributed by atoms with Gasteiger partial charge in [0.05, 0.1) is 6.10 Å². The van der Waals surface area contributed by atoms with Gasteiger partial charge in [0, 0.05) is 15.9 Å². The molecule has 0 spiro atoms. The Bertz CT molecular complexity index is 619. The van der Waals surface area contributed by atoms with Gasteiger partial charge in [-0.2, -0.15) is 0 Å². The molecule has 0 radical (unpaired) electrons. The van der Waals surface area contributed by atoms with Gasteiger partial charge >= 0.3 is 0 Å². The topological polar surface area (TPSA) is 20.2 Å². The summed E-state index contributed by atoms with van der Waals surface area (Å²) in [6.45, 7) is 3.95. The molecule has 0 aromatic heterocycles. The summed E-state index contributed by atoms with van der Waals surface area (Å²) in [6, 6.07) is 8.04. The second-order valence-corrected chi connectivity index (χ2v) is 6.12. The SMILES string of the molecule is Cc1cc(C(O)Cc2cc(F)ccc2Cl)cc(C)c1Br. The summed E-state index contributed by atoms with van der Waals surface area (Å²) in [7, 11) is 0. The van der Waals surface area contributed by atoms with E-state index in [2.05, 4.69) is 15.9 Å². The summed E-state index contributed by atoms with van der Waals surface area (Å²) in [4.78, 5) is 0. The Morgan fingerprint density at radius 2 is 1.80 bits per heavy atom. The van der Waals surface area contributed by atoms with Gasteiger partial charge in [-0.1, -0.05) is 39.7 Å². The quantitative estimate of drug-likeness (QED) is 0.807. The van der Waals surface area contributed by atoms with Crippen molar-refractivity contribution in [2.45, 2.75) is 26.4 Å². The molecule has 1 N–H and O–H groups in total. The molecule has 0 heterocycles. The lowest BCUT2D eigenvalue weighted by molar-refractivity contribution is 0.178. The summed E-state index contributed by atoms with van der Waals surface area (Å²) in [5.41, 5.74) is 3.54. The first-order chi connectivity index (χ1) is 9.38. The molecule has 20 heavy (non-hydrogen) atoms. The van der Waals surface area contributed by atoms with E-state index in [0.717, 1.165) is 21.2 Å². The van der Waals surface area contributed by atoms with Crippen LogP contribution in [0.5, 0.6) is 0 Å². The zero-order valence-electron chi connectivity index (χ0n) is 11.3. The smallest absolute Gasteiger partial charge is 0.123 e. The number of halogens is 3. The fourth-order valence-corrected chi connectivity index (χ4v) is 2.62. The van der Waals surface area contributed by atoms with E-state index in [1.165, 1.54) is 18.2 Å². The minimum Gasteiger partial charge on any atom is -0.388 e. The standard InChI is InChI=1S/C16H15BrClFO/c1-9-5-12(6-10(2)16(9)17)15(20)8-11-7-13(19)3-4-14(11)18/h3-7,15,20H,8H2,1-2H3. The molecule has 106 valence electrons. The van der Waals surface area contributed by atoms with Crippen LogP contribution in [0.25, 0.3) is 0 Å². The molecule has 0 fully saturated rings. The maximum absolute atomic E-state index is 13.2. The number of hydrogen-bond donors (Lipinski definition) is 1. The Labute approximate surface area is 131 Å². The van der Waals surface area contributed by atoms with Crippen molar-refractivity contribution < 1.29 is 9.50 Å². The molecule has 2 rings (SSSR count). The van der Waals surface area contributed by atoms with Crippen LogP contribution in [0.3, 0.4) is 0 Å². The van der Waals surface area contributed by atoms with Crippen molar-refractivity contribution >= 4 is 27.5 Å². The Kier molecular flexibility index (Phi) is 4.84. The van der Waals surface area contributed by atoms with Crippen LogP contribution in [-0.2, 0) is 6.42 Å². The fourth-order valence-electron chi connectivity index (χ4n) is 2.20. The van der Waals surface area contributed by atoms with Gasteiger partial charge in [0.1, 0.15) is 5.82 Å². The first-order valence-corrected chi connectivity index (χ1v) is 7.44. The molecular formula is C16H15BrClFO. The second-order valence-electron chi connectivity index (χ2n) is 4.92. The summed E-state index contributed by atoms with van der Waals surface area (Å²) >= 11 is 9.53. The van der Waals surface area contributed by atoms with Gasteiger partial charge < -0.3 is 5.11 Å². The Hall–Kier alpha value is -0.900. The number of aliphatic hydroxyl groups is 1. The Balaban J connectivity index is 2.28. The molecule has 4 heteroatoms. The number of aliphatic hydroxyl groups excluding tert-OH is 1. The van der Waals surface area contributed by atoms with Crippen molar-refractivity contribution in [1.29, 1.82) is 0 Å². The molecule has 1 nitrogen and oxygen atoms in total. The molecule has 0 bridgehead atoms. The largest absolute Gasteiger partial charge is 0.388 e. The molecule has 2 aromatic carbocycles. The minimum atomic E-state index is -0.709. The zero-order valence-corrected chi connectivity index (χ0v) is 13.6. The average Bonchev–Trinajstić information content (AvgIpc) is 2.39. The van der Waals surface area contributed by atoms with Crippen molar-refractivity contribution in [3.8, 4) is 0 Å². The molecule has 2 aromatic rings. The monoisotopic (exact) mass is 356 g/mol. The van der Waals surface area contributed by atoms with E-state index in [4.69, 9.17) is 11.6 Å². The normalized spacial score (nSPS) is 12.5. The van der Waals surface area contributed by atoms with Crippen molar-refractivity contribution in [2.75, 3.05) is 0 Å². The molecule has 0 saturated carbocycles. The molecule has 0 aliphatic rings. The highest BCUT2D eigenvalue weighted by molar-refractivity contribution is 9.10. The number of benzene rings is 2. The van der Waals surface area contributed by atoms with Crippen molar-refractivity contribution in [3.05, 3.63) is 67.9 Å². The predicted octanol–water partition coefficient (Wildman–Crippen LogP) is 5.13. The predicted molar refractivity (Wildman–Crippen MR) is 83.7 cm³/mol. The molecule has 1 unspecified atom stereocenters. The van der Waals surface area contributed by atoms with E-state index in [-0.39, 0.29) is 12.2 Å². The van der Waals surface area contributed by atoms with Gasteiger partial charge in [0.25, 0.3) is 0 Å². The minimum absolute atomic E-state index is 0.289. The van der Waals surface area contributed by atoms with Crippen LogP contribution in [0.15, 0.2) is 34.8 Å². The summed E-state index contributed by atoms with van der Waals surface area (Å²) in [6.07, 6.45) is -0.420. The molecule has 1 atom stereocenters. The summed E-state index contributed by atoms with van der Waals surface area (Å²) in [5, 5.41) is 10.8. The van der Waals surface area contributed by atoms with Crippen molar-refractivity contribution in [3.63, 3.8) is 0 Å². The maximum Gasteiger partial charge on any atom is 0.123 e. The molecule has 0 amide bonds. The summed E-state index contributed by atoms with van der Waals surface area (Å²) < 4.78 is 14.3. The van der Waals surface area contributed by atoms with Crippen molar-refractivity contribution in [2.24, 2.45) is 0 Å². The summed E-state index contributed by atoms with van der Waals surface area (Å²) in [5.74, 6) is -0.347. The lowest BCUT2D eigenvalue weighted by Crippen LogP contribution is -2.04. The number of aryl methyl sites for hydroxylation is 2. The third kappa shape index (κ3) is 3.40. The van der Waals surface area contributed by atoms with Crippen LogP contribution in [0.1, 0.15) is 28.4 Å². The van der Waals surface area contributed by atoms with Crippen LogP contribution in [0.2, 0.25) is 5.02 Å². The van der Waals surface area contributed by atoms with Crippen LogP contribution in [0, 0.1) is 19.7 Å². The van der Waals surface area contributed by atoms with Crippen molar-refractivity contribution in [1.82, 2.24) is 0 Å². The average molecular weight is 358 g/mol. The number of rotatable bonds is 3. The van der Waals surface area contributed by atoms with Gasteiger partial charge in [-0.05, 0) is 54.3 Å². The molecule has 0 aliphatic heterocycles. The Morgan fingerprint density at radius 1 is 1.20 bits per heavy atom. The van der Waals surface area contributed by atoms with Crippen LogP contribution >= 0.6 is 27.5 Å². The molecular weight excluding hydrogens is 343 g/mol. The highest BCUT2D eigenvalue weighted by Crippen LogP contribution is 2.29. The highest BCUT2D eigenvalue weighted by atomic mass is 79.9. The fraction of sp³-hybridized carbons (Fsp3) is 0.250. The second kappa shape index (κ2) is 6.25. The first kappa shape index (κ1) is 15.5. The third-order valence-corrected chi connectivity index (χ3v) is 4.88. The van der Waals surface area contributed by atoms with E-state index < -0.39 is 6.10 Å². The zero-order chi connectivity index (χ0) is 14.9. The Morgan fingerprint density at radius 3 is 2.40 bits per heavy atom. The third-order valence-electron chi connectivity index (χ3n) is 3.26. The van der Waals surface area contributed by atoms with E-state index in [1.807, 2.05) is 26.0 Å². The van der Waals surface area contributed by atoms with Gasteiger partial charge in [-0.15, -0.1) is 0 Å². The van der Waals surface area contributed by atoms with E-state index in [1.54, 1.807) is 0 Å². The lowest BCUT2D eigenvalue weighted by atomic mass is 9.98. The first-order valence-electron chi connectivity index (χ1n) is 6.27. The van der Waals surface area contributed by atoms with E-state index in [9.17, 15) is 9.50 Å². The van der Waals surface area contributed by atoms with Gasteiger partial charge in [0.2, 0.25) is 0 Å². The molecule has 0 aliphatic carbocycles. The van der Waals surface area contributed by atoms with Crippen LogP contribution in [0.4, 0.5) is 4.39 Å².